The van der Waals surface area contributed by atoms with E-state index < -0.39 is 0 Å². The Bertz CT molecular complexity index is 953. The normalized spacial score (nSPS) is 10.9. The molecule has 3 rings (SSSR count). The molecule has 5 nitrogen and oxygen atoms in total. The van der Waals surface area contributed by atoms with Crippen molar-refractivity contribution in [2.75, 3.05) is 20.1 Å². The molecular formula is C26H31IN4O. The van der Waals surface area contributed by atoms with Gasteiger partial charge in [-0.2, -0.15) is 0 Å². The summed E-state index contributed by atoms with van der Waals surface area (Å²) in [6.45, 7) is 3.82. The van der Waals surface area contributed by atoms with Gasteiger partial charge in [-0.1, -0.05) is 72.8 Å². The number of amides is 1. The summed E-state index contributed by atoms with van der Waals surface area (Å²) in [4.78, 5) is 16.4. The summed E-state index contributed by atoms with van der Waals surface area (Å²) in [6.07, 6.45) is 0. The van der Waals surface area contributed by atoms with Gasteiger partial charge < -0.3 is 16.0 Å². The summed E-state index contributed by atoms with van der Waals surface area (Å²) in [5.41, 5.74) is 4.20. The zero-order valence-electron chi connectivity index (χ0n) is 18.5. The molecule has 0 heterocycles. The molecule has 0 bridgehead atoms. The van der Waals surface area contributed by atoms with Crippen LogP contribution in [-0.4, -0.2) is 32.0 Å². The van der Waals surface area contributed by atoms with Gasteiger partial charge in [0.1, 0.15) is 0 Å². The van der Waals surface area contributed by atoms with Crippen LogP contribution < -0.4 is 16.0 Å². The first-order valence-electron chi connectivity index (χ1n) is 10.6. The van der Waals surface area contributed by atoms with E-state index in [-0.39, 0.29) is 35.8 Å². The van der Waals surface area contributed by atoms with Crippen molar-refractivity contribution >= 4 is 35.8 Å². The van der Waals surface area contributed by atoms with Gasteiger partial charge in [0.05, 0.1) is 0 Å². The number of benzene rings is 3. The SMILES string of the molecule is CCNC(=O)c1cccc(CNC(=NC)NCC(c2ccccc2)c2ccccc2)c1.I. The molecular weight excluding hydrogens is 511 g/mol. The lowest BCUT2D eigenvalue weighted by Gasteiger charge is -2.20. The summed E-state index contributed by atoms with van der Waals surface area (Å²) >= 11 is 0. The van der Waals surface area contributed by atoms with Gasteiger partial charge in [0.2, 0.25) is 0 Å². The van der Waals surface area contributed by atoms with Crippen molar-refractivity contribution in [3.63, 3.8) is 0 Å². The third-order valence-corrected chi connectivity index (χ3v) is 5.09. The van der Waals surface area contributed by atoms with Crippen molar-refractivity contribution in [3.05, 3.63) is 107 Å². The van der Waals surface area contributed by atoms with Crippen molar-refractivity contribution in [1.82, 2.24) is 16.0 Å². The Balaban J connectivity index is 0.00000363. The van der Waals surface area contributed by atoms with Crippen LogP contribution in [0.5, 0.6) is 0 Å². The minimum Gasteiger partial charge on any atom is -0.355 e. The van der Waals surface area contributed by atoms with Crippen molar-refractivity contribution in [3.8, 4) is 0 Å². The van der Waals surface area contributed by atoms with E-state index in [2.05, 4.69) is 69.5 Å². The lowest BCUT2D eigenvalue weighted by atomic mass is 9.91. The van der Waals surface area contributed by atoms with Crippen LogP contribution in [0.25, 0.3) is 0 Å². The van der Waals surface area contributed by atoms with E-state index in [0.717, 1.165) is 11.5 Å². The molecule has 0 fully saturated rings. The number of hydrogen-bond acceptors (Lipinski definition) is 2. The van der Waals surface area contributed by atoms with Gasteiger partial charge in [-0.3, -0.25) is 9.79 Å². The highest BCUT2D eigenvalue weighted by molar-refractivity contribution is 14.0. The van der Waals surface area contributed by atoms with Gasteiger partial charge in [0.15, 0.2) is 5.96 Å². The summed E-state index contributed by atoms with van der Waals surface area (Å²) in [5, 5.41) is 9.64. The van der Waals surface area contributed by atoms with Gasteiger partial charge in [-0.25, -0.2) is 0 Å². The maximum atomic E-state index is 12.1. The summed E-state index contributed by atoms with van der Waals surface area (Å²) < 4.78 is 0. The van der Waals surface area contributed by atoms with E-state index in [1.807, 2.05) is 43.3 Å². The Hall–Kier alpha value is -2.87. The van der Waals surface area contributed by atoms with Crippen molar-refractivity contribution in [1.29, 1.82) is 0 Å². The number of aliphatic imine (C=N–C) groups is 1. The molecule has 168 valence electrons. The first kappa shape index (κ1) is 25.4. The Morgan fingerprint density at radius 3 is 2.03 bits per heavy atom. The molecule has 6 heteroatoms. The number of carbonyl (C=O) groups is 1. The number of carbonyl (C=O) groups excluding carboxylic acids is 1. The Morgan fingerprint density at radius 2 is 1.47 bits per heavy atom. The van der Waals surface area contributed by atoms with E-state index in [9.17, 15) is 4.79 Å². The third-order valence-electron chi connectivity index (χ3n) is 5.09. The molecule has 0 aliphatic carbocycles. The molecule has 1 amide bonds. The predicted molar refractivity (Wildman–Crippen MR) is 143 cm³/mol. The van der Waals surface area contributed by atoms with E-state index in [1.54, 1.807) is 7.05 Å². The van der Waals surface area contributed by atoms with Crippen LogP contribution in [0.15, 0.2) is 89.9 Å². The van der Waals surface area contributed by atoms with Gasteiger partial charge in [0, 0.05) is 38.2 Å². The van der Waals surface area contributed by atoms with Gasteiger partial charge in [-0.15, -0.1) is 24.0 Å². The zero-order valence-corrected chi connectivity index (χ0v) is 20.9. The highest BCUT2D eigenvalue weighted by Gasteiger charge is 2.14. The van der Waals surface area contributed by atoms with Crippen LogP contribution in [0.3, 0.4) is 0 Å². The molecule has 0 saturated heterocycles. The first-order valence-corrected chi connectivity index (χ1v) is 10.6. The lowest BCUT2D eigenvalue weighted by molar-refractivity contribution is 0.0955. The predicted octanol–water partition coefficient (Wildman–Crippen LogP) is 4.55. The van der Waals surface area contributed by atoms with Crippen LogP contribution in [0.1, 0.15) is 39.9 Å². The molecule has 3 aromatic rings. The van der Waals surface area contributed by atoms with Crippen LogP contribution >= 0.6 is 24.0 Å². The minimum absolute atomic E-state index is 0. The first-order chi connectivity index (χ1) is 15.2. The maximum absolute atomic E-state index is 12.1. The second-order valence-corrected chi connectivity index (χ2v) is 7.24. The number of hydrogen-bond donors (Lipinski definition) is 3. The summed E-state index contributed by atoms with van der Waals surface area (Å²) in [7, 11) is 1.76. The fourth-order valence-electron chi connectivity index (χ4n) is 3.49. The molecule has 0 radical (unpaired) electrons. The molecule has 0 aromatic heterocycles. The molecule has 0 aliphatic rings. The van der Waals surface area contributed by atoms with Crippen molar-refractivity contribution in [2.24, 2.45) is 4.99 Å². The summed E-state index contributed by atoms with van der Waals surface area (Å²) in [6, 6.07) is 28.6. The fraction of sp³-hybridized carbons (Fsp3) is 0.231. The fourth-order valence-corrected chi connectivity index (χ4v) is 3.49. The highest BCUT2D eigenvalue weighted by atomic mass is 127. The Kier molecular flexibility index (Phi) is 10.7. The third kappa shape index (κ3) is 7.37. The van der Waals surface area contributed by atoms with E-state index in [1.165, 1.54) is 11.1 Å². The molecule has 0 saturated carbocycles. The molecule has 32 heavy (non-hydrogen) atoms. The summed E-state index contributed by atoms with van der Waals surface area (Å²) in [5.74, 6) is 0.878. The largest absolute Gasteiger partial charge is 0.355 e. The minimum atomic E-state index is -0.0552. The number of rotatable bonds is 8. The van der Waals surface area contributed by atoms with Crippen LogP contribution in [0.2, 0.25) is 0 Å². The van der Waals surface area contributed by atoms with E-state index in [4.69, 9.17) is 0 Å². The van der Waals surface area contributed by atoms with E-state index in [0.29, 0.717) is 25.2 Å². The van der Waals surface area contributed by atoms with Gasteiger partial charge >= 0.3 is 0 Å². The number of halogens is 1. The van der Waals surface area contributed by atoms with Gasteiger partial charge in [0.25, 0.3) is 5.91 Å². The lowest BCUT2D eigenvalue weighted by Crippen LogP contribution is -2.39. The number of guanidine groups is 1. The van der Waals surface area contributed by atoms with Crippen LogP contribution in [0.4, 0.5) is 0 Å². The highest BCUT2D eigenvalue weighted by Crippen LogP contribution is 2.23. The molecule has 0 atom stereocenters. The van der Waals surface area contributed by atoms with Crippen LogP contribution in [-0.2, 0) is 6.54 Å². The number of nitrogens with zero attached hydrogens (tertiary/aromatic N) is 1. The van der Waals surface area contributed by atoms with Gasteiger partial charge in [-0.05, 0) is 35.7 Å². The second kappa shape index (κ2) is 13.5. The van der Waals surface area contributed by atoms with Crippen LogP contribution in [0, 0.1) is 0 Å². The Labute approximate surface area is 207 Å². The van der Waals surface area contributed by atoms with Crippen molar-refractivity contribution in [2.45, 2.75) is 19.4 Å². The zero-order chi connectivity index (χ0) is 21.9. The molecule has 3 N–H and O–H groups in total. The Morgan fingerprint density at radius 1 is 0.844 bits per heavy atom. The average Bonchev–Trinajstić information content (AvgIpc) is 2.83. The number of nitrogens with one attached hydrogen (secondary N) is 3. The molecule has 0 spiro atoms. The standard InChI is InChI=1S/C26H30N4O.HI/c1-3-28-25(31)23-16-10-11-20(17-23)18-29-26(27-2)30-19-24(21-12-6-4-7-13-21)22-14-8-5-9-15-22;/h4-17,24H,3,18-19H2,1-2H3,(H,28,31)(H2,27,29,30);1H. The second-order valence-electron chi connectivity index (χ2n) is 7.24. The topological polar surface area (TPSA) is 65.5 Å². The molecule has 3 aromatic carbocycles. The smallest absolute Gasteiger partial charge is 0.251 e. The molecule has 0 aliphatic heterocycles. The molecule has 0 unspecified atom stereocenters. The van der Waals surface area contributed by atoms with Crippen molar-refractivity contribution < 1.29 is 4.79 Å². The van der Waals surface area contributed by atoms with E-state index >= 15 is 0 Å². The monoisotopic (exact) mass is 542 g/mol. The average molecular weight is 542 g/mol. The quantitative estimate of drug-likeness (QED) is 0.222. The maximum Gasteiger partial charge on any atom is 0.251 e.